The van der Waals surface area contributed by atoms with E-state index < -0.39 is 0 Å². The first-order valence-electron chi connectivity index (χ1n) is 21.3. The molecule has 12 rings (SSSR count). The standard InChI is InChI=1S/C59H42N2/c1-59(2)51-24-14-13-23-50(51)56-52(59)35-36-53-58(56)57-49-22-12-11-21-48(49)54(38-55(57)61(53)47-34-29-41-19-9-10-20-44(41)37-47)60(45-30-25-42(26-31-45)39-15-5-3-6-16-39)46-32-27-43(28-33-46)40-17-7-4-8-18-40/h3-38H,1-2H3. The highest BCUT2D eigenvalue weighted by Gasteiger charge is 2.37. The Morgan fingerprint density at radius 1 is 0.393 bits per heavy atom. The monoisotopic (exact) mass is 778 g/mol. The predicted octanol–water partition coefficient (Wildman–Crippen LogP) is 16.2. The number of nitrogens with zero attached hydrogens (tertiary/aromatic N) is 2. The van der Waals surface area contributed by atoms with Gasteiger partial charge < -0.3 is 9.47 Å². The number of aromatic nitrogens is 1. The van der Waals surface area contributed by atoms with Gasteiger partial charge in [-0.3, -0.25) is 0 Å². The van der Waals surface area contributed by atoms with E-state index in [1.54, 1.807) is 0 Å². The second-order valence-corrected chi connectivity index (χ2v) is 16.9. The van der Waals surface area contributed by atoms with E-state index in [4.69, 9.17) is 0 Å². The Balaban J connectivity index is 1.18. The maximum Gasteiger partial charge on any atom is 0.0568 e. The van der Waals surface area contributed by atoms with Crippen molar-refractivity contribution in [1.29, 1.82) is 0 Å². The first kappa shape index (κ1) is 35.3. The van der Waals surface area contributed by atoms with Crippen LogP contribution in [0.1, 0.15) is 25.0 Å². The highest BCUT2D eigenvalue weighted by atomic mass is 15.1. The summed E-state index contributed by atoms with van der Waals surface area (Å²) in [5.41, 5.74) is 17.0. The number of anilines is 3. The molecule has 0 atom stereocenters. The molecule has 288 valence electrons. The van der Waals surface area contributed by atoms with Crippen molar-refractivity contribution in [3.8, 4) is 39.1 Å². The summed E-state index contributed by atoms with van der Waals surface area (Å²) in [6.07, 6.45) is 0. The van der Waals surface area contributed by atoms with Crippen LogP contribution in [0.4, 0.5) is 17.1 Å². The molecular formula is C59H42N2. The fourth-order valence-electron chi connectivity index (χ4n) is 10.2. The molecule has 0 radical (unpaired) electrons. The minimum atomic E-state index is -0.123. The van der Waals surface area contributed by atoms with Gasteiger partial charge >= 0.3 is 0 Å². The van der Waals surface area contributed by atoms with Crippen molar-refractivity contribution in [3.05, 3.63) is 230 Å². The van der Waals surface area contributed by atoms with Gasteiger partial charge in [-0.2, -0.15) is 0 Å². The Kier molecular flexibility index (Phi) is 7.92. The van der Waals surface area contributed by atoms with Crippen LogP contribution in [0, 0.1) is 0 Å². The Hall–Kier alpha value is -7.68. The molecule has 0 bridgehead atoms. The molecule has 2 heteroatoms. The number of hydrogen-bond acceptors (Lipinski definition) is 1. The van der Waals surface area contributed by atoms with E-state index in [2.05, 4.69) is 242 Å². The van der Waals surface area contributed by atoms with Crippen molar-refractivity contribution < 1.29 is 0 Å². The van der Waals surface area contributed by atoms with Gasteiger partial charge in [0.25, 0.3) is 0 Å². The molecule has 1 aromatic heterocycles. The summed E-state index contributed by atoms with van der Waals surface area (Å²) in [6, 6.07) is 80.4. The van der Waals surface area contributed by atoms with Gasteiger partial charge in [-0.1, -0.05) is 184 Å². The number of rotatable bonds is 6. The summed E-state index contributed by atoms with van der Waals surface area (Å²) in [4.78, 5) is 2.45. The Morgan fingerprint density at radius 2 is 0.951 bits per heavy atom. The molecule has 1 aliphatic rings. The van der Waals surface area contributed by atoms with Crippen LogP contribution in [0.5, 0.6) is 0 Å². The third-order valence-electron chi connectivity index (χ3n) is 13.2. The maximum absolute atomic E-state index is 2.52. The number of hydrogen-bond donors (Lipinski definition) is 0. The van der Waals surface area contributed by atoms with Crippen LogP contribution in [0.2, 0.25) is 0 Å². The van der Waals surface area contributed by atoms with Gasteiger partial charge in [0.1, 0.15) is 0 Å². The van der Waals surface area contributed by atoms with Crippen LogP contribution in [-0.2, 0) is 5.41 Å². The van der Waals surface area contributed by atoms with E-state index in [1.807, 2.05) is 0 Å². The zero-order valence-electron chi connectivity index (χ0n) is 34.2. The second kappa shape index (κ2) is 13.7. The molecule has 11 aromatic rings. The lowest BCUT2D eigenvalue weighted by atomic mass is 9.82. The largest absolute Gasteiger partial charge is 0.310 e. The SMILES string of the molecule is CC1(C)c2ccccc2-c2c1ccc1c2c2c3ccccc3c(N(c3ccc(-c4ccccc4)cc3)c3ccc(-c4ccccc4)cc3)cc2n1-c1ccc2ccccc2c1. The minimum absolute atomic E-state index is 0.123. The van der Waals surface area contributed by atoms with Crippen LogP contribution < -0.4 is 4.90 Å². The first-order chi connectivity index (χ1) is 30.0. The summed E-state index contributed by atoms with van der Waals surface area (Å²) in [5.74, 6) is 0. The average Bonchev–Trinajstić information content (AvgIpc) is 3.78. The summed E-state index contributed by atoms with van der Waals surface area (Å²) < 4.78 is 2.52. The van der Waals surface area contributed by atoms with Crippen molar-refractivity contribution in [2.24, 2.45) is 0 Å². The van der Waals surface area contributed by atoms with Gasteiger partial charge in [-0.25, -0.2) is 0 Å². The normalized spacial score (nSPS) is 12.9. The van der Waals surface area contributed by atoms with Crippen molar-refractivity contribution in [3.63, 3.8) is 0 Å². The zero-order valence-corrected chi connectivity index (χ0v) is 34.2. The van der Waals surface area contributed by atoms with E-state index in [0.717, 1.165) is 22.7 Å². The minimum Gasteiger partial charge on any atom is -0.310 e. The Labute approximate surface area is 356 Å². The first-order valence-corrected chi connectivity index (χ1v) is 21.3. The van der Waals surface area contributed by atoms with Gasteiger partial charge in [0.05, 0.1) is 16.7 Å². The fraction of sp³-hybridized carbons (Fsp3) is 0.0508. The molecule has 0 spiro atoms. The van der Waals surface area contributed by atoms with E-state index >= 15 is 0 Å². The molecule has 0 saturated heterocycles. The quantitative estimate of drug-likeness (QED) is 0.163. The molecule has 0 unspecified atom stereocenters. The predicted molar refractivity (Wildman–Crippen MR) is 259 cm³/mol. The molecular weight excluding hydrogens is 737 g/mol. The van der Waals surface area contributed by atoms with Crippen LogP contribution in [0.3, 0.4) is 0 Å². The molecule has 0 fully saturated rings. The lowest BCUT2D eigenvalue weighted by Crippen LogP contribution is -2.14. The topological polar surface area (TPSA) is 8.17 Å². The molecule has 1 aliphatic carbocycles. The number of fused-ring (bicyclic) bond motifs is 10. The van der Waals surface area contributed by atoms with Crippen molar-refractivity contribution in [2.75, 3.05) is 4.90 Å². The molecule has 61 heavy (non-hydrogen) atoms. The molecule has 0 amide bonds. The van der Waals surface area contributed by atoms with E-state index in [9.17, 15) is 0 Å². The van der Waals surface area contributed by atoms with Gasteiger partial charge in [0, 0.05) is 38.6 Å². The van der Waals surface area contributed by atoms with E-state index in [0.29, 0.717) is 0 Å². The summed E-state index contributed by atoms with van der Waals surface area (Å²) in [6.45, 7) is 4.76. The van der Waals surface area contributed by atoms with Gasteiger partial charge in [-0.15, -0.1) is 0 Å². The summed E-state index contributed by atoms with van der Waals surface area (Å²) in [7, 11) is 0. The summed E-state index contributed by atoms with van der Waals surface area (Å²) >= 11 is 0. The third-order valence-corrected chi connectivity index (χ3v) is 13.2. The Morgan fingerprint density at radius 3 is 1.62 bits per heavy atom. The molecule has 0 saturated carbocycles. The van der Waals surface area contributed by atoms with Gasteiger partial charge in [-0.05, 0) is 109 Å². The highest BCUT2D eigenvalue weighted by molar-refractivity contribution is 6.28. The summed E-state index contributed by atoms with van der Waals surface area (Å²) in [5, 5.41) is 7.50. The average molecular weight is 779 g/mol. The van der Waals surface area contributed by atoms with Gasteiger partial charge in [0.15, 0.2) is 0 Å². The third kappa shape index (κ3) is 5.49. The van der Waals surface area contributed by atoms with E-state index in [-0.39, 0.29) is 5.41 Å². The Bertz CT molecular complexity index is 3380. The van der Waals surface area contributed by atoms with Crippen molar-refractivity contribution >= 4 is 60.4 Å². The second-order valence-electron chi connectivity index (χ2n) is 16.9. The lowest BCUT2D eigenvalue weighted by molar-refractivity contribution is 0.661. The highest BCUT2D eigenvalue weighted by Crippen LogP contribution is 2.55. The zero-order chi connectivity index (χ0) is 40.7. The smallest absolute Gasteiger partial charge is 0.0568 e. The van der Waals surface area contributed by atoms with Crippen LogP contribution >= 0.6 is 0 Å². The van der Waals surface area contributed by atoms with Gasteiger partial charge in [0.2, 0.25) is 0 Å². The number of benzene rings is 10. The lowest BCUT2D eigenvalue weighted by Gasteiger charge is -2.28. The molecule has 10 aromatic carbocycles. The fourth-order valence-corrected chi connectivity index (χ4v) is 10.2. The van der Waals surface area contributed by atoms with Crippen LogP contribution in [0.25, 0.3) is 82.4 Å². The van der Waals surface area contributed by atoms with Crippen molar-refractivity contribution in [1.82, 2.24) is 4.57 Å². The van der Waals surface area contributed by atoms with E-state index in [1.165, 1.54) is 87.9 Å². The molecule has 0 aliphatic heterocycles. The van der Waals surface area contributed by atoms with Crippen molar-refractivity contribution in [2.45, 2.75) is 19.3 Å². The van der Waals surface area contributed by atoms with Crippen LogP contribution in [-0.4, -0.2) is 4.57 Å². The molecule has 0 N–H and O–H groups in total. The maximum atomic E-state index is 2.52. The molecule has 2 nitrogen and oxygen atoms in total. The van der Waals surface area contributed by atoms with Crippen LogP contribution in [0.15, 0.2) is 218 Å². The molecule has 1 heterocycles.